The molecule has 2 aromatic rings. The molecular weight excluding hydrogens is 278 g/mol. The number of hydrogen-bond acceptors (Lipinski definition) is 5. The quantitative estimate of drug-likeness (QED) is 0.793. The van der Waals surface area contributed by atoms with Gasteiger partial charge in [0.05, 0.1) is 0 Å². The predicted molar refractivity (Wildman–Crippen MR) is 79.9 cm³/mol. The third-order valence-electron chi connectivity index (χ3n) is 2.83. The summed E-state index contributed by atoms with van der Waals surface area (Å²) in [5.41, 5.74) is 5.60. The van der Waals surface area contributed by atoms with E-state index in [9.17, 15) is 4.79 Å². The monoisotopic (exact) mass is 293 g/mol. The van der Waals surface area contributed by atoms with E-state index in [-0.39, 0.29) is 11.4 Å². The highest BCUT2D eigenvalue weighted by Gasteiger charge is 2.05. The lowest BCUT2D eigenvalue weighted by Crippen LogP contribution is -2.18. The number of pyridine rings is 1. The summed E-state index contributed by atoms with van der Waals surface area (Å²) < 4.78 is 1.69. The highest BCUT2D eigenvalue weighted by atomic mass is 35.5. The minimum atomic E-state index is 0.0204. The Morgan fingerprint density at radius 3 is 2.95 bits per heavy atom. The van der Waals surface area contributed by atoms with Crippen LogP contribution in [-0.2, 0) is 6.54 Å². The van der Waals surface area contributed by atoms with E-state index in [1.807, 2.05) is 6.07 Å². The van der Waals surface area contributed by atoms with Crippen LogP contribution in [0.25, 0.3) is 0 Å². The number of unbranched alkanes of at least 4 members (excludes halogenated alkanes) is 1. The molecule has 0 saturated carbocycles. The Kier molecular flexibility index (Phi) is 4.95. The standard InChI is InChI=1S/C13H16ClN5O/c14-11-12(15)17-9-18-13(11)16-6-2-4-8-19-7-3-1-5-10(19)20/h1,3,5,7,9H,2,4,6,8H2,(H3,15,16,17,18). The van der Waals surface area contributed by atoms with E-state index in [0.29, 0.717) is 23.9 Å². The molecule has 0 atom stereocenters. The molecule has 0 bridgehead atoms. The maximum absolute atomic E-state index is 11.5. The van der Waals surface area contributed by atoms with Gasteiger partial charge in [-0.1, -0.05) is 17.7 Å². The number of aromatic nitrogens is 3. The lowest BCUT2D eigenvalue weighted by atomic mass is 10.3. The summed E-state index contributed by atoms with van der Waals surface area (Å²) in [4.78, 5) is 19.3. The fourth-order valence-corrected chi connectivity index (χ4v) is 1.93. The van der Waals surface area contributed by atoms with Gasteiger partial charge in [0.15, 0.2) is 0 Å². The van der Waals surface area contributed by atoms with Crippen LogP contribution >= 0.6 is 11.6 Å². The SMILES string of the molecule is Nc1ncnc(NCCCCn2ccccc2=O)c1Cl. The Bertz CT molecular complexity index is 628. The van der Waals surface area contributed by atoms with Gasteiger partial charge in [-0.3, -0.25) is 4.79 Å². The van der Waals surface area contributed by atoms with Crippen molar-refractivity contribution in [2.24, 2.45) is 0 Å². The zero-order chi connectivity index (χ0) is 14.4. The van der Waals surface area contributed by atoms with Crippen LogP contribution in [0.1, 0.15) is 12.8 Å². The molecule has 106 valence electrons. The maximum atomic E-state index is 11.5. The second-order valence-corrected chi connectivity index (χ2v) is 4.67. The molecule has 0 aromatic carbocycles. The molecule has 3 N–H and O–H groups in total. The van der Waals surface area contributed by atoms with Gasteiger partial charge < -0.3 is 15.6 Å². The van der Waals surface area contributed by atoms with E-state index in [1.165, 1.54) is 6.33 Å². The van der Waals surface area contributed by atoms with Crippen LogP contribution in [0, 0.1) is 0 Å². The van der Waals surface area contributed by atoms with Gasteiger partial charge in [0.2, 0.25) is 5.56 Å². The van der Waals surface area contributed by atoms with Crippen molar-refractivity contribution in [3.63, 3.8) is 0 Å². The van der Waals surface area contributed by atoms with Crippen molar-refractivity contribution < 1.29 is 0 Å². The third kappa shape index (κ3) is 3.71. The number of aryl methyl sites for hydroxylation is 1. The van der Waals surface area contributed by atoms with E-state index in [1.54, 1.807) is 22.9 Å². The first-order chi connectivity index (χ1) is 9.68. The molecule has 2 rings (SSSR count). The molecule has 0 saturated heterocycles. The van der Waals surface area contributed by atoms with Crippen molar-refractivity contribution in [3.8, 4) is 0 Å². The van der Waals surface area contributed by atoms with Gasteiger partial charge in [-0.05, 0) is 18.9 Å². The van der Waals surface area contributed by atoms with Gasteiger partial charge in [0, 0.05) is 25.4 Å². The molecule has 2 heterocycles. The second kappa shape index (κ2) is 6.91. The fourth-order valence-electron chi connectivity index (χ4n) is 1.77. The van der Waals surface area contributed by atoms with E-state index in [0.717, 1.165) is 12.8 Å². The Morgan fingerprint density at radius 1 is 1.30 bits per heavy atom. The topological polar surface area (TPSA) is 85.8 Å². The van der Waals surface area contributed by atoms with Gasteiger partial charge in [-0.2, -0.15) is 0 Å². The van der Waals surface area contributed by atoms with Crippen LogP contribution in [0.5, 0.6) is 0 Å². The first kappa shape index (κ1) is 14.3. The Hall–Kier alpha value is -2.08. The molecule has 20 heavy (non-hydrogen) atoms. The van der Waals surface area contributed by atoms with Crippen molar-refractivity contribution in [2.75, 3.05) is 17.6 Å². The zero-order valence-electron chi connectivity index (χ0n) is 10.9. The Labute approximate surface area is 121 Å². The molecule has 0 aliphatic carbocycles. The van der Waals surface area contributed by atoms with E-state index in [2.05, 4.69) is 15.3 Å². The van der Waals surface area contributed by atoms with Crippen molar-refractivity contribution in [1.29, 1.82) is 0 Å². The molecule has 0 amide bonds. The van der Waals surface area contributed by atoms with Crippen molar-refractivity contribution in [2.45, 2.75) is 19.4 Å². The van der Waals surface area contributed by atoms with Gasteiger partial charge in [0.1, 0.15) is 23.0 Å². The predicted octanol–water partition coefficient (Wildman–Crippen LogP) is 1.77. The van der Waals surface area contributed by atoms with E-state index < -0.39 is 0 Å². The van der Waals surface area contributed by atoms with Crippen molar-refractivity contribution in [1.82, 2.24) is 14.5 Å². The van der Waals surface area contributed by atoms with Crippen LogP contribution in [0.2, 0.25) is 5.02 Å². The lowest BCUT2D eigenvalue weighted by Gasteiger charge is -2.08. The summed E-state index contributed by atoms with van der Waals surface area (Å²) in [7, 11) is 0. The smallest absolute Gasteiger partial charge is 0.250 e. The van der Waals surface area contributed by atoms with Crippen LogP contribution < -0.4 is 16.6 Å². The normalized spacial score (nSPS) is 10.4. The van der Waals surface area contributed by atoms with Gasteiger partial charge in [-0.15, -0.1) is 0 Å². The number of nitrogens with zero attached hydrogens (tertiary/aromatic N) is 3. The van der Waals surface area contributed by atoms with Gasteiger partial charge >= 0.3 is 0 Å². The molecule has 6 nitrogen and oxygen atoms in total. The van der Waals surface area contributed by atoms with Crippen LogP contribution in [-0.4, -0.2) is 21.1 Å². The first-order valence-electron chi connectivity index (χ1n) is 6.34. The number of anilines is 2. The summed E-state index contributed by atoms with van der Waals surface area (Å²) in [5.74, 6) is 0.802. The third-order valence-corrected chi connectivity index (χ3v) is 3.21. The average molecular weight is 294 g/mol. The largest absolute Gasteiger partial charge is 0.382 e. The lowest BCUT2D eigenvalue weighted by molar-refractivity contribution is 0.604. The first-order valence-corrected chi connectivity index (χ1v) is 6.71. The number of nitrogens with two attached hydrogens (primary N) is 1. The van der Waals surface area contributed by atoms with E-state index >= 15 is 0 Å². The summed E-state index contributed by atoms with van der Waals surface area (Å²) >= 11 is 5.96. The van der Waals surface area contributed by atoms with Gasteiger partial charge in [-0.25, -0.2) is 9.97 Å². The number of nitrogen functional groups attached to an aromatic ring is 1. The fraction of sp³-hybridized carbons (Fsp3) is 0.308. The molecule has 0 spiro atoms. The second-order valence-electron chi connectivity index (χ2n) is 4.29. The number of rotatable bonds is 6. The van der Waals surface area contributed by atoms with Crippen molar-refractivity contribution >= 4 is 23.2 Å². The van der Waals surface area contributed by atoms with Crippen LogP contribution in [0.15, 0.2) is 35.5 Å². The minimum Gasteiger partial charge on any atom is -0.382 e. The summed E-state index contributed by atoms with van der Waals surface area (Å²) in [6, 6.07) is 5.15. The summed E-state index contributed by atoms with van der Waals surface area (Å²) in [6.45, 7) is 1.40. The minimum absolute atomic E-state index is 0.0204. The molecule has 0 fully saturated rings. The molecule has 0 radical (unpaired) electrons. The van der Waals surface area contributed by atoms with Gasteiger partial charge in [0.25, 0.3) is 0 Å². The molecule has 0 unspecified atom stereocenters. The van der Waals surface area contributed by atoms with E-state index in [4.69, 9.17) is 17.3 Å². The molecular formula is C13H16ClN5O. The Morgan fingerprint density at radius 2 is 2.15 bits per heavy atom. The number of nitrogens with one attached hydrogen (secondary N) is 1. The number of halogens is 1. The molecule has 0 aliphatic rings. The average Bonchev–Trinajstić information content (AvgIpc) is 2.45. The highest BCUT2D eigenvalue weighted by molar-refractivity contribution is 6.35. The van der Waals surface area contributed by atoms with Crippen LogP contribution in [0.3, 0.4) is 0 Å². The van der Waals surface area contributed by atoms with Crippen molar-refractivity contribution in [3.05, 3.63) is 46.1 Å². The zero-order valence-corrected chi connectivity index (χ0v) is 11.7. The maximum Gasteiger partial charge on any atom is 0.250 e. The number of hydrogen-bond donors (Lipinski definition) is 2. The van der Waals surface area contributed by atoms with Crippen LogP contribution in [0.4, 0.5) is 11.6 Å². The highest BCUT2D eigenvalue weighted by Crippen LogP contribution is 2.22. The Balaban J connectivity index is 1.76. The molecule has 0 aliphatic heterocycles. The summed E-state index contributed by atoms with van der Waals surface area (Å²) in [5, 5.41) is 3.44. The molecule has 2 aromatic heterocycles. The molecule has 7 heteroatoms. The summed E-state index contributed by atoms with van der Waals surface area (Å²) in [6.07, 6.45) is 4.93.